The normalized spacial score (nSPS) is 16.6. The number of hydrazone groups is 2. The minimum atomic E-state index is -0.425. The number of amides is 1. The lowest BCUT2D eigenvalue weighted by atomic mass is 10.2. The molecule has 0 aromatic heterocycles. The van der Waals surface area contributed by atoms with E-state index >= 15 is 0 Å². The second-order valence-corrected chi connectivity index (χ2v) is 5.84. The van der Waals surface area contributed by atoms with Crippen molar-refractivity contribution in [2.45, 2.75) is 13.8 Å². The molecule has 1 heterocycles. The van der Waals surface area contributed by atoms with Crippen LogP contribution in [-0.2, 0) is 4.79 Å². The third-order valence-electron chi connectivity index (χ3n) is 2.67. The number of thiocarbonyl (C=S) groups is 1. The monoisotopic (exact) mass is 401 g/mol. The Hall–Kier alpha value is -1.55. The van der Waals surface area contributed by atoms with Crippen LogP contribution >= 0.6 is 34.8 Å². The number of aryl methyl sites for hydroxylation is 1. The van der Waals surface area contributed by atoms with Gasteiger partial charge in [0.1, 0.15) is 0 Å². The molecular weight excluding hydrogens is 389 g/mol. The molecule has 1 aliphatic heterocycles. The number of anilines is 1. The fraction of sp³-hybridized carbons (Fsp3) is 0.167. The summed E-state index contributed by atoms with van der Waals surface area (Å²) in [6.07, 6.45) is 0. The Morgan fingerprint density at radius 3 is 2.75 bits per heavy atom. The molecule has 1 aliphatic rings. The van der Waals surface area contributed by atoms with E-state index in [1.54, 1.807) is 6.92 Å². The highest BCUT2D eigenvalue weighted by atomic mass is 127. The maximum absolute atomic E-state index is 12.0. The minimum Gasteiger partial charge on any atom is -0.374 e. The Bertz CT molecular complexity index is 655. The van der Waals surface area contributed by atoms with Crippen molar-refractivity contribution in [3.05, 3.63) is 27.3 Å². The highest BCUT2D eigenvalue weighted by molar-refractivity contribution is 14.1. The van der Waals surface area contributed by atoms with Gasteiger partial charge >= 0.3 is 5.91 Å². The number of nitrogens with one attached hydrogen (secondary N) is 1. The molecule has 0 spiro atoms. The summed E-state index contributed by atoms with van der Waals surface area (Å²) in [5.41, 5.74) is 10.8. The van der Waals surface area contributed by atoms with Crippen molar-refractivity contribution in [2.24, 2.45) is 15.9 Å². The van der Waals surface area contributed by atoms with Crippen LogP contribution in [0.5, 0.6) is 0 Å². The van der Waals surface area contributed by atoms with E-state index in [1.807, 2.05) is 25.1 Å². The molecule has 0 saturated carbocycles. The van der Waals surface area contributed by atoms with Gasteiger partial charge in [0.15, 0.2) is 10.8 Å². The molecule has 3 N–H and O–H groups in total. The summed E-state index contributed by atoms with van der Waals surface area (Å²) in [5, 5.41) is 8.94. The molecule has 1 amide bonds. The SMILES string of the molecule is CC1=NN(C(N)=S)C(=O)/C1=N/Nc1ccc(I)cc1C. The third-order valence-corrected chi connectivity index (χ3v) is 3.52. The summed E-state index contributed by atoms with van der Waals surface area (Å²) < 4.78 is 1.13. The van der Waals surface area contributed by atoms with Gasteiger partial charge in [-0.05, 0) is 72.4 Å². The zero-order chi connectivity index (χ0) is 14.9. The summed E-state index contributed by atoms with van der Waals surface area (Å²) in [6.45, 7) is 3.64. The summed E-state index contributed by atoms with van der Waals surface area (Å²) in [4.78, 5) is 12.0. The first kappa shape index (κ1) is 14.9. The van der Waals surface area contributed by atoms with Crippen molar-refractivity contribution in [2.75, 3.05) is 5.43 Å². The Kier molecular flexibility index (Phi) is 4.33. The van der Waals surface area contributed by atoms with Crippen LogP contribution in [0.1, 0.15) is 12.5 Å². The second kappa shape index (κ2) is 5.83. The third kappa shape index (κ3) is 2.96. The molecule has 0 unspecified atom stereocenters. The molecule has 6 nitrogen and oxygen atoms in total. The average molecular weight is 401 g/mol. The van der Waals surface area contributed by atoms with Crippen LogP contribution in [0.2, 0.25) is 0 Å². The van der Waals surface area contributed by atoms with Crippen molar-refractivity contribution in [1.82, 2.24) is 5.01 Å². The zero-order valence-electron chi connectivity index (χ0n) is 10.8. The number of carbonyl (C=O) groups excluding carboxylic acids is 1. The summed E-state index contributed by atoms with van der Waals surface area (Å²) in [5.74, 6) is -0.425. The maximum Gasteiger partial charge on any atom is 0.303 e. The Morgan fingerprint density at radius 2 is 2.20 bits per heavy atom. The Morgan fingerprint density at radius 1 is 1.50 bits per heavy atom. The van der Waals surface area contributed by atoms with Gasteiger partial charge in [0.2, 0.25) is 0 Å². The minimum absolute atomic E-state index is 0.0926. The van der Waals surface area contributed by atoms with E-state index in [0.29, 0.717) is 5.71 Å². The van der Waals surface area contributed by atoms with E-state index in [-0.39, 0.29) is 10.8 Å². The van der Waals surface area contributed by atoms with Gasteiger partial charge in [-0.3, -0.25) is 10.2 Å². The first-order valence-electron chi connectivity index (χ1n) is 5.69. The van der Waals surface area contributed by atoms with Crippen LogP contribution in [0.15, 0.2) is 28.4 Å². The smallest absolute Gasteiger partial charge is 0.303 e. The van der Waals surface area contributed by atoms with Crippen molar-refractivity contribution in [3.63, 3.8) is 0 Å². The van der Waals surface area contributed by atoms with E-state index in [0.717, 1.165) is 19.8 Å². The highest BCUT2D eigenvalue weighted by Crippen LogP contribution is 2.18. The second-order valence-electron chi connectivity index (χ2n) is 4.17. The largest absolute Gasteiger partial charge is 0.374 e. The summed E-state index contributed by atoms with van der Waals surface area (Å²) >= 11 is 6.98. The molecule has 1 aromatic rings. The number of hydrogen-bond acceptors (Lipinski definition) is 5. The van der Waals surface area contributed by atoms with E-state index < -0.39 is 5.91 Å². The number of carbonyl (C=O) groups is 1. The Balaban J connectivity index is 2.22. The number of nitrogens with zero attached hydrogens (tertiary/aromatic N) is 3. The molecule has 0 radical (unpaired) electrons. The van der Waals surface area contributed by atoms with Crippen LogP contribution in [-0.4, -0.2) is 27.5 Å². The van der Waals surface area contributed by atoms with Crippen LogP contribution < -0.4 is 11.2 Å². The molecule has 2 rings (SSSR count). The molecule has 0 bridgehead atoms. The number of benzene rings is 1. The first-order chi connectivity index (χ1) is 9.40. The maximum atomic E-state index is 12.0. The van der Waals surface area contributed by atoms with Crippen molar-refractivity contribution in [3.8, 4) is 0 Å². The Labute approximate surface area is 135 Å². The van der Waals surface area contributed by atoms with Gasteiger partial charge in [-0.1, -0.05) is 0 Å². The standard InChI is InChI=1S/C12H12IN5OS/c1-6-5-8(13)3-4-9(6)15-16-10-7(2)17-18(11(10)19)12(14)20/h3-5,15H,1-2H3,(H2,14,20)/b16-10+. The van der Waals surface area contributed by atoms with Crippen molar-refractivity contribution < 1.29 is 4.79 Å². The molecule has 1 aromatic carbocycles. The van der Waals surface area contributed by atoms with Gasteiger partial charge < -0.3 is 5.73 Å². The van der Waals surface area contributed by atoms with Gasteiger partial charge in [-0.2, -0.15) is 15.2 Å². The lowest BCUT2D eigenvalue weighted by Gasteiger charge is -2.08. The molecule has 20 heavy (non-hydrogen) atoms. The lowest BCUT2D eigenvalue weighted by Crippen LogP contribution is -2.36. The fourth-order valence-electron chi connectivity index (χ4n) is 1.64. The number of rotatable bonds is 2. The molecule has 8 heteroatoms. The van der Waals surface area contributed by atoms with E-state index in [9.17, 15) is 4.79 Å². The topological polar surface area (TPSA) is 83.1 Å². The molecule has 104 valence electrons. The van der Waals surface area contributed by atoms with Crippen LogP contribution in [0.25, 0.3) is 0 Å². The summed E-state index contributed by atoms with van der Waals surface area (Å²) in [6, 6.07) is 5.87. The van der Waals surface area contributed by atoms with Gasteiger partial charge in [0.25, 0.3) is 0 Å². The number of hydrogen-bond donors (Lipinski definition) is 2. The van der Waals surface area contributed by atoms with E-state index in [2.05, 4.69) is 38.2 Å². The van der Waals surface area contributed by atoms with E-state index in [4.69, 9.17) is 18.0 Å². The summed E-state index contributed by atoms with van der Waals surface area (Å²) in [7, 11) is 0. The number of halogens is 1. The molecule has 0 aliphatic carbocycles. The first-order valence-corrected chi connectivity index (χ1v) is 7.18. The molecule has 0 atom stereocenters. The van der Waals surface area contributed by atoms with Crippen molar-refractivity contribution >= 4 is 62.9 Å². The van der Waals surface area contributed by atoms with Gasteiger partial charge in [0.05, 0.1) is 11.4 Å². The average Bonchev–Trinajstić information content (AvgIpc) is 2.65. The van der Waals surface area contributed by atoms with Gasteiger partial charge in [-0.15, -0.1) is 0 Å². The predicted molar refractivity (Wildman–Crippen MR) is 91.7 cm³/mol. The van der Waals surface area contributed by atoms with E-state index in [1.165, 1.54) is 0 Å². The van der Waals surface area contributed by atoms with Gasteiger partial charge in [0, 0.05) is 3.57 Å². The highest BCUT2D eigenvalue weighted by Gasteiger charge is 2.31. The van der Waals surface area contributed by atoms with Crippen molar-refractivity contribution in [1.29, 1.82) is 0 Å². The molecule has 0 saturated heterocycles. The van der Waals surface area contributed by atoms with Crippen LogP contribution in [0.4, 0.5) is 5.69 Å². The van der Waals surface area contributed by atoms with Crippen LogP contribution in [0, 0.1) is 10.5 Å². The van der Waals surface area contributed by atoms with Crippen LogP contribution in [0.3, 0.4) is 0 Å². The fourth-order valence-corrected chi connectivity index (χ4v) is 2.42. The quantitative estimate of drug-likeness (QED) is 0.450. The number of nitrogens with two attached hydrogens (primary N) is 1. The van der Waals surface area contributed by atoms with Gasteiger partial charge in [-0.25, -0.2) is 0 Å². The lowest BCUT2D eigenvalue weighted by molar-refractivity contribution is -0.119. The molecular formula is C12H12IN5OS. The zero-order valence-corrected chi connectivity index (χ0v) is 13.8. The predicted octanol–water partition coefficient (Wildman–Crippen LogP) is 1.83. The molecule has 0 fully saturated rings.